The van der Waals surface area contributed by atoms with E-state index >= 15 is 0 Å². The van der Waals surface area contributed by atoms with Gasteiger partial charge in [-0.05, 0) is 37.1 Å². The number of carbonyl (C=O) groups excluding carboxylic acids is 2. The van der Waals surface area contributed by atoms with Gasteiger partial charge in [-0.3, -0.25) is 9.59 Å². The summed E-state index contributed by atoms with van der Waals surface area (Å²) in [5, 5.41) is 2.69. The summed E-state index contributed by atoms with van der Waals surface area (Å²) in [6.45, 7) is 3.21. The Bertz CT molecular complexity index is 477. The quantitative estimate of drug-likeness (QED) is 0.926. The molecule has 1 heterocycles. The average molecular weight is 290 g/mol. The van der Waals surface area contributed by atoms with Crippen LogP contribution in [0.5, 0.6) is 5.75 Å². The summed E-state index contributed by atoms with van der Waals surface area (Å²) in [5.41, 5.74) is 0.716. The first-order valence-electron chi connectivity index (χ1n) is 7.43. The smallest absolute Gasteiger partial charge is 0.260 e. The number of amides is 2. The summed E-state index contributed by atoms with van der Waals surface area (Å²) in [5.74, 6) is 0.565. The van der Waals surface area contributed by atoms with Crippen LogP contribution in [0.1, 0.15) is 32.6 Å². The molecular weight excluding hydrogens is 268 g/mol. The number of benzene rings is 1. The van der Waals surface area contributed by atoms with Crippen molar-refractivity contribution in [3.63, 3.8) is 0 Å². The first-order chi connectivity index (χ1) is 10.1. The van der Waals surface area contributed by atoms with Gasteiger partial charge in [0.2, 0.25) is 5.91 Å². The van der Waals surface area contributed by atoms with E-state index in [4.69, 9.17) is 4.74 Å². The second-order valence-corrected chi connectivity index (χ2v) is 5.29. The third-order valence-corrected chi connectivity index (χ3v) is 3.50. The van der Waals surface area contributed by atoms with Gasteiger partial charge in [0, 0.05) is 25.7 Å². The number of hydrogen-bond acceptors (Lipinski definition) is 3. The number of nitrogens with one attached hydrogen (secondary N) is 1. The summed E-state index contributed by atoms with van der Waals surface area (Å²) in [7, 11) is 0. The van der Waals surface area contributed by atoms with E-state index < -0.39 is 0 Å². The van der Waals surface area contributed by atoms with Gasteiger partial charge in [-0.25, -0.2) is 0 Å². The standard InChI is InChI=1S/C16H22N2O3/c1-13(19)17-14-6-8-15(9-7-14)21-12-16(20)18-10-4-2-3-5-11-18/h6-9H,2-5,10-12H2,1H3,(H,17,19). The van der Waals surface area contributed by atoms with Crippen LogP contribution in [0.2, 0.25) is 0 Å². The minimum atomic E-state index is -0.111. The van der Waals surface area contributed by atoms with Crippen molar-refractivity contribution in [1.29, 1.82) is 0 Å². The molecular formula is C16H22N2O3. The molecule has 114 valence electrons. The second-order valence-electron chi connectivity index (χ2n) is 5.29. The molecule has 21 heavy (non-hydrogen) atoms. The molecule has 5 nitrogen and oxygen atoms in total. The lowest BCUT2D eigenvalue weighted by molar-refractivity contribution is -0.133. The van der Waals surface area contributed by atoms with Gasteiger partial charge in [0.05, 0.1) is 0 Å². The molecule has 0 bridgehead atoms. The predicted molar refractivity (Wildman–Crippen MR) is 81.3 cm³/mol. The van der Waals surface area contributed by atoms with Crippen LogP contribution < -0.4 is 10.1 Å². The van der Waals surface area contributed by atoms with Gasteiger partial charge < -0.3 is 15.0 Å². The highest BCUT2D eigenvalue weighted by Gasteiger charge is 2.15. The van der Waals surface area contributed by atoms with Crippen LogP contribution in [0.15, 0.2) is 24.3 Å². The number of hydrogen-bond donors (Lipinski definition) is 1. The van der Waals surface area contributed by atoms with Crippen LogP contribution in [0.3, 0.4) is 0 Å². The molecule has 1 saturated heterocycles. The minimum Gasteiger partial charge on any atom is -0.484 e. The Labute approximate surface area is 125 Å². The summed E-state index contributed by atoms with van der Waals surface area (Å²) in [6.07, 6.45) is 4.57. The number of rotatable bonds is 4. The summed E-state index contributed by atoms with van der Waals surface area (Å²) >= 11 is 0. The van der Waals surface area contributed by atoms with Crippen molar-refractivity contribution in [2.75, 3.05) is 25.0 Å². The van der Waals surface area contributed by atoms with E-state index in [1.807, 2.05) is 4.90 Å². The Morgan fingerprint density at radius 1 is 1.10 bits per heavy atom. The Morgan fingerprint density at radius 2 is 1.71 bits per heavy atom. The largest absolute Gasteiger partial charge is 0.484 e. The molecule has 2 rings (SSSR count). The molecule has 1 aliphatic heterocycles. The van der Waals surface area contributed by atoms with Crippen LogP contribution in [-0.2, 0) is 9.59 Å². The normalized spacial score (nSPS) is 15.2. The summed E-state index contributed by atoms with van der Waals surface area (Å²) < 4.78 is 5.52. The molecule has 0 radical (unpaired) electrons. The highest BCUT2D eigenvalue weighted by Crippen LogP contribution is 2.16. The minimum absolute atomic E-state index is 0.0443. The van der Waals surface area contributed by atoms with E-state index in [1.165, 1.54) is 19.8 Å². The van der Waals surface area contributed by atoms with Crippen LogP contribution in [-0.4, -0.2) is 36.4 Å². The maximum Gasteiger partial charge on any atom is 0.260 e. The van der Waals surface area contributed by atoms with E-state index in [1.54, 1.807) is 24.3 Å². The Balaban J connectivity index is 1.81. The molecule has 1 fully saturated rings. The lowest BCUT2D eigenvalue weighted by atomic mass is 10.2. The topological polar surface area (TPSA) is 58.6 Å². The zero-order chi connectivity index (χ0) is 15.1. The highest BCUT2D eigenvalue weighted by atomic mass is 16.5. The molecule has 0 saturated carbocycles. The molecule has 0 aliphatic carbocycles. The zero-order valence-corrected chi connectivity index (χ0v) is 12.4. The monoisotopic (exact) mass is 290 g/mol. The zero-order valence-electron chi connectivity index (χ0n) is 12.4. The average Bonchev–Trinajstić information content (AvgIpc) is 2.75. The van der Waals surface area contributed by atoms with Gasteiger partial charge in [0.25, 0.3) is 5.91 Å². The van der Waals surface area contributed by atoms with Crippen LogP contribution in [0.4, 0.5) is 5.69 Å². The van der Waals surface area contributed by atoms with Gasteiger partial charge in [0.1, 0.15) is 5.75 Å². The number of likely N-dealkylation sites (tertiary alicyclic amines) is 1. The SMILES string of the molecule is CC(=O)Nc1ccc(OCC(=O)N2CCCCCC2)cc1. The third kappa shape index (κ3) is 5.10. The Hall–Kier alpha value is -2.04. The number of ether oxygens (including phenoxy) is 1. The van der Waals surface area contributed by atoms with E-state index in [-0.39, 0.29) is 18.4 Å². The van der Waals surface area contributed by atoms with E-state index in [2.05, 4.69) is 5.32 Å². The van der Waals surface area contributed by atoms with E-state index in [9.17, 15) is 9.59 Å². The molecule has 1 N–H and O–H groups in total. The predicted octanol–water partition coefficient (Wildman–Crippen LogP) is 2.43. The first-order valence-corrected chi connectivity index (χ1v) is 7.43. The van der Waals surface area contributed by atoms with Gasteiger partial charge >= 0.3 is 0 Å². The maximum absolute atomic E-state index is 12.1. The number of carbonyl (C=O) groups is 2. The van der Waals surface area contributed by atoms with Crippen molar-refractivity contribution >= 4 is 17.5 Å². The van der Waals surface area contributed by atoms with E-state index in [0.29, 0.717) is 11.4 Å². The molecule has 0 aromatic heterocycles. The molecule has 0 unspecified atom stereocenters. The Morgan fingerprint density at radius 3 is 2.29 bits per heavy atom. The van der Waals surface area contributed by atoms with Gasteiger partial charge in [-0.15, -0.1) is 0 Å². The van der Waals surface area contributed by atoms with Crippen molar-refractivity contribution in [1.82, 2.24) is 4.90 Å². The molecule has 5 heteroatoms. The maximum atomic E-state index is 12.1. The summed E-state index contributed by atoms with van der Waals surface area (Å²) in [4.78, 5) is 24.9. The number of anilines is 1. The lowest BCUT2D eigenvalue weighted by Crippen LogP contribution is -2.35. The van der Waals surface area contributed by atoms with Gasteiger partial charge in [-0.1, -0.05) is 12.8 Å². The lowest BCUT2D eigenvalue weighted by Gasteiger charge is -2.20. The van der Waals surface area contributed by atoms with Crippen molar-refractivity contribution in [2.45, 2.75) is 32.6 Å². The molecule has 2 amide bonds. The molecule has 0 atom stereocenters. The molecule has 1 aromatic carbocycles. The molecule has 1 aliphatic rings. The molecule has 1 aromatic rings. The Kier molecular flexibility index (Phi) is 5.60. The molecule has 0 spiro atoms. The van der Waals surface area contributed by atoms with E-state index in [0.717, 1.165) is 25.9 Å². The van der Waals surface area contributed by atoms with Gasteiger partial charge in [0.15, 0.2) is 6.61 Å². The van der Waals surface area contributed by atoms with Crippen LogP contribution >= 0.6 is 0 Å². The van der Waals surface area contributed by atoms with Crippen molar-refractivity contribution in [2.24, 2.45) is 0 Å². The third-order valence-electron chi connectivity index (χ3n) is 3.50. The number of nitrogens with zero attached hydrogens (tertiary/aromatic N) is 1. The van der Waals surface area contributed by atoms with Crippen molar-refractivity contribution in [3.8, 4) is 5.75 Å². The van der Waals surface area contributed by atoms with Gasteiger partial charge in [-0.2, -0.15) is 0 Å². The van der Waals surface area contributed by atoms with Crippen molar-refractivity contribution < 1.29 is 14.3 Å². The van der Waals surface area contributed by atoms with Crippen molar-refractivity contribution in [3.05, 3.63) is 24.3 Å². The van der Waals surface area contributed by atoms with Crippen LogP contribution in [0, 0.1) is 0 Å². The van der Waals surface area contributed by atoms with Crippen LogP contribution in [0.25, 0.3) is 0 Å². The fourth-order valence-corrected chi connectivity index (χ4v) is 2.39. The fourth-order valence-electron chi connectivity index (χ4n) is 2.39. The first kappa shape index (κ1) is 15.4. The highest BCUT2D eigenvalue weighted by molar-refractivity contribution is 5.88. The fraction of sp³-hybridized carbons (Fsp3) is 0.500. The summed E-state index contributed by atoms with van der Waals surface area (Å²) in [6, 6.07) is 7.02. The second kappa shape index (κ2) is 7.67.